The molecule has 0 bridgehead atoms. The molecular formula is C12H16FNO3. The van der Waals surface area contributed by atoms with Crippen molar-refractivity contribution in [2.45, 2.75) is 37.6 Å². The van der Waals surface area contributed by atoms with Crippen LogP contribution in [0.3, 0.4) is 0 Å². The zero-order valence-electron chi connectivity index (χ0n) is 9.34. The van der Waals surface area contributed by atoms with Gasteiger partial charge < -0.3 is 20.7 Å². The first-order valence-corrected chi connectivity index (χ1v) is 5.62. The number of halogens is 1. The van der Waals surface area contributed by atoms with E-state index in [1.807, 2.05) is 0 Å². The molecule has 1 aromatic carbocycles. The molecule has 4 N–H and O–H groups in total. The predicted octanol–water partition coefficient (Wildman–Crippen LogP) is 1.06. The molecular weight excluding hydrogens is 225 g/mol. The lowest BCUT2D eigenvalue weighted by Gasteiger charge is -2.30. The molecule has 1 aliphatic carbocycles. The van der Waals surface area contributed by atoms with E-state index in [0.29, 0.717) is 25.0 Å². The van der Waals surface area contributed by atoms with Crippen molar-refractivity contribution in [2.24, 2.45) is 0 Å². The van der Waals surface area contributed by atoms with E-state index in [9.17, 15) is 14.6 Å². The van der Waals surface area contributed by atoms with Crippen LogP contribution in [0.15, 0.2) is 18.2 Å². The van der Waals surface area contributed by atoms with Crippen molar-refractivity contribution >= 4 is 5.69 Å². The number of hydrogen-bond acceptors (Lipinski definition) is 4. The Morgan fingerprint density at radius 1 is 1.18 bits per heavy atom. The smallest absolute Gasteiger partial charge is 0.142 e. The van der Waals surface area contributed by atoms with Gasteiger partial charge in [-0.05, 0) is 18.6 Å². The number of anilines is 1. The molecule has 1 fully saturated rings. The summed E-state index contributed by atoms with van der Waals surface area (Å²) in [5, 5.41) is 19.0. The van der Waals surface area contributed by atoms with Crippen molar-refractivity contribution in [2.75, 3.05) is 5.73 Å². The Morgan fingerprint density at radius 3 is 2.41 bits per heavy atom. The molecule has 0 aromatic heterocycles. The van der Waals surface area contributed by atoms with E-state index in [1.165, 1.54) is 18.2 Å². The summed E-state index contributed by atoms with van der Waals surface area (Å²) >= 11 is 0. The average molecular weight is 241 g/mol. The minimum atomic E-state index is -0.564. The average Bonchev–Trinajstić information content (AvgIpc) is 2.21. The predicted molar refractivity (Wildman–Crippen MR) is 61.1 cm³/mol. The van der Waals surface area contributed by atoms with Gasteiger partial charge in [0.15, 0.2) is 0 Å². The minimum absolute atomic E-state index is 0.222. The molecule has 0 spiro atoms. The first-order chi connectivity index (χ1) is 8.04. The lowest BCUT2D eigenvalue weighted by Crippen LogP contribution is -2.36. The van der Waals surface area contributed by atoms with Gasteiger partial charge in [0.05, 0.1) is 17.9 Å². The molecule has 0 amide bonds. The Morgan fingerprint density at radius 2 is 1.82 bits per heavy atom. The third-order valence-corrected chi connectivity index (χ3v) is 2.88. The molecule has 1 aliphatic rings. The monoisotopic (exact) mass is 241 g/mol. The number of nitrogen functional groups attached to an aromatic ring is 1. The van der Waals surface area contributed by atoms with E-state index in [0.717, 1.165) is 0 Å². The van der Waals surface area contributed by atoms with E-state index in [-0.39, 0.29) is 11.8 Å². The molecule has 17 heavy (non-hydrogen) atoms. The highest BCUT2D eigenvalue weighted by Gasteiger charge is 2.28. The molecule has 5 heteroatoms. The molecule has 94 valence electrons. The Hall–Kier alpha value is -1.33. The van der Waals surface area contributed by atoms with Gasteiger partial charge in [-0.2, -0.15) is 0 Å². The van der Waals surface area contributed by atoms with Gasteiger partial charge in [0.1, 0.15) is 17.7 Å². The summed E-state index contributed by atoms with van der Waals surface area (Å²) in [5.41, 5.74) is 5.84. The number of aliphatic hydroxyl groups excluding tert-OH is 2. The Bertz CT molecular complexity index is 389. The Balaban J connectivity index is 2.04. The van der Waals surface area contributed by atoms with Gasteiger partial charge in [0.25, 0.3) is 0 Å². The van der Waals surface area contributed by atoms with Crippen LogP contribution in [-0.2, 0) is 0 Å². The number of hydrogen-bond donors (Lipinski definition) is 3. The van der Waals surface area contributed by atoms with Crippen molar-refractivity contribution in [1.82, 2.24) is 0 Å². The number of rotatable bonds is 2. The highest BCUT2D eigenvalue weighted by atomic mass is 19.1. The number of nitrogens with two attached hydrogens (primary N) is 1. The second-order valence-corrected chi connectivity index (χ2v) is 4.44. The third kappa shape index (κ3) is 3.08. The summed E-state index contributed by atoms with van der Waals surface area (Å²) < 4.78 is 18.4. The number of ether oxygens (including phenoxy) is 1. The minimum Gasteiger partial charge on any atom is -0.488 e. The molecule has 1 aromatic rings. The van der Waals surface area contributed by atoms with Crippen molar-refractivity contribution in [3.63, 3.8) is 0 Å². The maximum Gasteiger partial charge on any atom is 0.142 e. The van der Waals surface area contributed by atoms with Gasteiger partial charge in [-0.3, -0.25) is 0 Å². The van der Waals surface area contributed by atoms with Crippen LogP contribution in [0.4, 0.5) is 10.1 Å². The zero-order chi connectivity index (χ0) is 12.4. The lowest BCUT2D eigenvalue weighted by molar-refractivity contribution is -0.0153. The molecule has 1 saturated carbocycles. The van der Waals surface area contributed by atoms with E-state index < -0.39 is 18.0 Å². The van der Waals surface area contributed by atoms with Gasteiger partial charge in [-0.25, -0.2) is 4.39 Å². The van der Waals surface area contributed by atoms with Crippen LogP contribution in [0.1, 0.15) is 19.3 Å². The van der Waals surface area contributed by atoms with E-state index >= 15 is 0 Å². The molecule has 2 atom stereocenters. The second-order valence-electron chi connectivity index (χ2n) is 4.44. The zero-order valence-corrected chi connectivity index (χ0v) is 9.34. The summed E-state index contributed by atoms with van der Waals surface area (Å²) in [6.45, 7) is 0. The first kappa shape index (κ1) is 12.1. The quantitative estimate of drug-likeness (QED) is 0.677. The van der Waals surface area contributed by atoms with Crippen molar-refractivity contribution < 1.29 is 19.3 Å². The van der Waals surface area contributed by atoms with Crippen molar-refractivity contribution in [1.29, 1.82) is 0 Å². The van der Waals surface area contributed by atoms with Crippen LogP contribution in [0.25, 0.3) is 0 Å². The Labute approximate surface area is 98.8 Å². The lowest BCUT2D eigenvalue weighted by atomic mass is 9.92. The topological polar surface area (TPSA) is 75.7 Å². The molecule has 2 unspecified atom stereocenters. The third-order valence-electron chi connectivity index (χ3n) is 2.88. The molecule has 4 nitrogen and oxygen atoms in total. The van der Waals surface area contributed by atoms with E-state index in [4.69, 9.17) is 10.5 Å². The SMILES string of the molecule is Nc1cc(F)ccc1OC1CC(O)CC(O)C1. The molecule has 2 rings (SSSR count). The largest absolute Gasteiger partial charge is 0.488 e. The van der Waals surface area contributed by atoms with Gasteiger partial charge >= 0.3 is 0 Å². The standard InChI is InChI=1S/C12H16FNO3/c13-7-1-2-12(11(14)3-7)17-10-5-8(15)4-9(16)6-10/h1-3,8-10,15-16H,4-6,14H2. The molecule has 0 radical (unpaired) electrons. The summed E-state index contributed by atoms with van der Waals surface area (Å²) in [6.07, 6.45) is -0.141. The van der Waals surface area contributed by atoms with Gasteiger partial charge in [0, 0.05) is 18.9 Å². The van der Waals surface area contributed by atoms with Crippen molar-refractivity contribution in [3.8, 4) is 5.75 Å². The van der Waals surface area contributed by atoms with E-state index in [1.54, 1.807) is 0 Å². The fourth-order valence-corrected chi connectivity index (χ4v) is 2.11. The summed E-state index contributed by atoms with van der Waals surface area (Å²) in [6, 6.07) is 3.91. The maximum absolute atomic E-state index is 12.8. The maximum atomic E-state index is 12.8. The fourth-order valence-electron chi connectivity index (χ4n) is 2.11. The van der Waals surface area contributed by atoms with Crippen LogP contribution in [0, 0.1) is 5.82 Å². The molecule has 0 heterocycles. The summed E-state index contributed by atoms with van der Waals surface area (Å²) in [4.78, 5) is 0. The van der Waals surface area contributed by atoms with Crippen LogP contribution in [0.2, 0.25) is 0 Å². The van der Waals surface area contributed by atoms with Gasteiger partial charge in [-0.15, -0.1) is 0 Å². The number of benzene rings is 1. The summed E-state index contributed by atoms with van der Waals surface area (Å²) in [7, 11) is 0. The van der Waals surface area contributed by atoms with Crippen LogP contribution < -0.4 is 10.5 Å². The highest BCUT2D eigenvalue weighted by Crippen LogP contribution is 2.28. The normalized spacial score (nSPS) is 29.0. The van der Waals surface area contributed by atoms with Crippen LogP contribution in [0.5, 0.6) is 5.75 Å². The first-order valence-electron chi connectivity index (χ1n) is 5.62. The van der Waals surface area contributed by atoms with Crippen molar-refractivity contribution in [3.05, 3.63) is 24.0 Å². The van der Waals surface area contributed by atoms with Crippen LogP contribution >= 0.6 is 0 Å². The second kappa shape index (κ2) is 4.89. The molecule has 0 aliphatic heterocycles. The Kier molecular flexibility index (Phi) is 3.49. The fraction of sp³-hybridized carbons (Fsp3) is 0.500. The van der Waals surface area contributed by atoms with Gasteiger partial charge in [0.2, 0.25) is 0 Å². The van der Waals surface area contributed by atoms with E-state index in [2.05, 4.69) is 0 Å². The molecule has 0 saturated heterocycles. The highest BCUT2D eigenvalue weighted by molar-refractivity contribution is 5.52. The van der Waals surface area contributed by atoms with Crippen LogP contribution in [-0.4, -0.2) is 28.5 Å². The number of aliphatic hydroxyl groups is 2. The summed E-state index contributed by atoms with van der Waals surface area (Å²) in [5.74, 6) is -0.0312. The van der Waals surface area contributed by atoms with Gasteiger partial charge in [-0.1, -0.05) is 0 Å².